The molecule has 1 atom stereocenters. The van der Waals surface area contributed by atoms with Gasteiger partial charge in [0, 0.05) is 24.1 Å². The molecule has 1 rings (SSSR count). The third kappa shape index (κ3) is 14.8. The predicted octanol–water partition coefficient (Wildman–Crippen LogP) is 2.97. The summed E-state index contributed by atoms with van der Waals surface area (Å²) in [5, 5.41) is 10.1. The fourth-order valence-corrected chi connectivity index (χ4v) is 15.7. The summed E-state index contributed by atoms with van der Waals surface area (Å²) in [7, 11) is -3.91. The van der Waals surface area contributed by atoms with Crippen LogP contribution in [0.3, 0.4) is 0 Å². The van der Waals surface area contributed by atoms with Gasteiger partial charge in [0.1, 0.15) is 6.61 Å². The van der Waals surface area contributed by atoms with E-state index >= 15 is 0 Å². The quantitative estimate of drug-likeness (QED) is 0.0732. The van der Waals surface area contributed by atoms with Crippen molar-refractivity contribution in [3.05, 3.63) is 11.8 Å². The van der Waals surface area contributed by atoms with Gasteiger partial charge >= 0.3 is 14.5 Å². The highest BCUT2D eigenvalue weighted by molar-refractivity contribution is 14.1. The second kappa shape index (κ2) is 14.3. The Morgan fingerprint density at radius 3 is 2.15 bits per heavy atom. The molecular weight excluding hydrogens is 599 g/mol. The minimum atomic E-state index is -2.47. The summed E-state index contributed by atoms with van der Waals surface area (Å²) in [6.45, 7) is 20.8. The van der Waals surface area contributed by atoms with Gasteiger partial charge in [-0.05, 0) is 51.5 Å². The molecule has 12 heteroatoms. The van der Waals surface area contributed by atoms with E-state index in [4.69, 9.17) is 17.7 Å². The van der Waals surface area contributed by atoms with Crippen molar-refractivity contribution in [3.8, 4) is 0 Å². The molecule has 0 saturated carbocycles. The van der Waals surface area contributed by atoms with Crippen LogP contribution >= 0.6 is 22.6 Å². The van der Waals surface area contributed by atoms with Crippen LogP contribution in [-0.2, 0) is 22.5 Å². The highest BCUT2D eigenvalue weighted by Crippen LogP contribution is 2.21. The summed E-state index contributed by atoms with van der Waals surface area (Å²) in [4.78, 5) is 14.8. The summed E-state index contributed by atoms with van der Waals surface area (Å²) < 4.78 is 25.4. The summed E-state index contributed by atoms with van der Waals surface area (Å²) in [6.07, 6.45) is 1.42. The number of likely N-dealkylation sites (N-methyl/N-ethyl adjacent to an activating group) is 1. The van der Waals surface area contributed by atoms with E-state index < -0.39 is 31.3 Å². The molecule has 200 valence electrons. The predicted molar refractivity (Wildman–Crippen MR) is 154 cm³/mol. The average molecular weight is 648 g/mol. The lowest BCUT2D eigenvalue weighted by molar-refractivity contribution is -0.906. The van der Waals surface area contributed by atoms with E-state index in [1.807, 2.05) is 11.8 Å². The number of aliphatic hydroxyl groups is 1. The maximum atomic E-state index is 12.5. The zero-order valence-electron chi connectivity index (χ0n) is 22.6. The number of aliphatic hydroxyl groups excluding tert-OH is 1. The van der Waals surface area contributed by atoms with Gasteiger partial charge in [-0.1, -0.05) is 28.7 Å². The van der Waals surface area contributed by atoms with Crippen molar-refractivity contribution >= 4 is 53.8 Å². The highest BCUT2D eigenvalue weighted by Gasteiger charge is 2.38. The molecule has 1 saturated heterocycles. The molecule has 1 heterocycles. The van der Waals surface area contributed by atoms with Gasteiger partial charge < -0.3 is 27.3 Å². The standard InChI is InChI=1S/C22H48IN2O6Si3/c1-25(13-11-24(12-14-25)18-21(26)20-28-16-10-23)19-22(27)29-15-9-17-34(8,30-32(2,3)4)31-33(5,6)7/h9,17,21,26H,10-16,18-20H2,1-8H3/q+1. The lowest BCUT2D eigenvalue weighted by Crippen LogP contribution is -2.60. The molecule has 34 heavy (non-hydrogen) atoms. The van der Waals surface area contributed by atoms with Gasteiger partial charge in [0.05, 0.1) is 39.5 Å². The number of esters is 1. The molecular formula is C22H48IN2O6Si3+. The number of halogens is 1. The molecule has 0 aromatic rings. The topological polar surface area (TPSA) is 77.5 Å². The third-order valence-electron chi connectivity index (χ3n) is 5.20. The van der Waals surface area contributed by atoms with Crippen molar-refractivity contribution in [1.82, 2.24) is 4.90 Å². The molecule has 0 bridgehead atoms. The molecule has 0 aliphatic carbocycles. The molecule has 1 N–H and O–H groups in total. The summed E-state index contributed by atoms with van der Waals surface area (Å²) >= 11 is 2.26. The number of carbonyl (C=O) groups excluding carboxylic acids is 1. The first-order valence-corrected chi connectivity index (χ1v) is 22.9. The number of rotatable bonds is 15. The van der Waals surface area contributed by atoms with Crippen molar-refractivity contribution in [2.75, 3.05) is 70.6 Å². The molecule has 0 amide bonds. The van der Waals surface area contributed by atoms with Gasteiger partial charge in [-0.25, -0.2) is 4.79 Å². The first-order chi connectivity index (χ1) is 15.5. The molecule has 1 unspecified atom stereocenters. The Morgan fingerprint density at radius 1 is 1.09 bits per heavy atom. The van der Waals surface area contributed by atoms with Gasteiger partial charge in [-0.3, -0.25) is 4.90 Å². The molecule has 0 aromatic carbocycles. The maximum Gasteiger partial charge on any atom is 0.362 e. The fraction of sp³-hybridized carbons (Fsp3) is 0.864. The summed E-state index contributed by atoms with van der Waals surface area (Å²) in [6, 6.07) is 0. The van der Waals surface area contributed by atoms with Crippen LogP contribution in [0, 0.1) is 0 Å². The number of ether oxygens (including phenoxy) is 2. The van der Waals surface area contributed by atoms with E-state index in [9.17, 15) is 9.90 Å². The molecule has 1 fully saturated rings. The third-order valence-corrected chi connectivity index (χ3v) is 14.6. The van der Waals surface area contributed by atoms with Crippen molar-refractivity contribution in [3.63, 3.8) is 0 Å². The van der Waals surface area contributed by atoms with Crippen LogP contribution in [0.4, 0.5) is 0 Å². The molecule has 0 spiro atoms. The number of quaternary nitrogens is 1. The van der Waals surface area contributed by atoms with Crippen molar-refractivity contribution in [2.45, 2.75) is 51.9 Å². The van der Waals surface area contributed by atoms with Crippen molar-refractivity contribution in [2.24, 2.45) is 0 Å². The highest BCUT2D eigenvalue weighted by atomic mass is 127. The van der Waals surface area contributed by atoms with Crippen LogP contribution in [0.25, 0.3) is 0 Å². The second-order valence-corrected chi connectivity index (χ2v) is 25.0. The minimum absolute atomic E-state index is 0.187. The van der Waals surface area contributed by atoms with Gasteiger partial charge in [-0.2, -0.15) is 0 Å². The fourth-order valence-electron chi connectivity index (χ4n) is 4.02. The average Bonchev–Trinajstić information content (AvgIpc) is 2.64. The number of alkyl halides is 1. The maximum absolute atomic E-state index is 12.5. The van der Waals surface area contributed by atoms with Gasteiger partial charge in [0.25, 0.3) is 0 Å². The zero-order chi connectivity index (χ0) is 26.0. The van der Waals surface area contributed by atoms with E-state index in [2.05, 4.69) is 80.4 Å². The largest absolute Gasteiger partial charge is 0.457 e. The number of hydrogen-bond acceptors (Lipinski definition) is 7. The van der Waals surface area contributed by atoms with Crippen LogP contribution in [0.2, 0.25) is 45.8 Å². The lowest BCUT2D eigenvalue weighted by Gasteiger charge is -2.41. The first kappa shape index (κ1) is 32.4. The Hall–Kier alpha value is 0.351. The smallest absolute Gasteiger partial charge is 0.362 e. The Balaban J connectivity index is 2.47. The second-order valence-electron chi connectivity index (χ2n) is 11.5. The van der Waals surface area contributed by atoms with E-state index in [0.29, 0.717) is 30.8 Å². The van der Waals surface area contributed by atoms with Crippen LogP contribution in [0.15, 0.2) is 11.8 Å². The van der Waals surface area contributed by atoms with Gasteiger partial charge in [-0.15, -0.1) is 0 Å². The molecule has 0 aromatic heterocycles. The molecule has 1 aliphatic rings. The van der Waals surface area contributed by atoms with Crippen LogP contribution in [0.5, 0.6) is 0 Å². The van der Waals surface area contributed by atoms with Gasteiger partial charge in [0.2, 0.25) is 0 Å². The number of β-amino-alcohol motifs (C(OH)–C–C–N with tert-alkyl or cyclic N) is 1. The SMILES string of the molecule is C[N+]1(CC(=O)OCC=C[Si](C)(O[Si](C)(C)C)O[Si](C)(C)C)CCN(CC(O)COCCI)CC1. The monoisotopic (exact) mass is 647 g/mol. The van der Waals surface area contributed by atoms with E-state index in [1.54, 1.807) is 0 Å². The van der Waals surface area contributed by atoms with E-state index in [0.717, 1.165) is 30.6 Å². The molecule has 8 nitrogen and oxygen atoms in total. The minimum Gasteiger partial charge on any atom is -0.457 e. The van der Waals surface area contributed by atoms with E-state index in [-0.39, 0.29) is 12.6 Å². The number of carbonyl (C=O) groups is 1. The van der Waals surface area contributed by atoms with Crippen molar-refractivity contribution in [1.29, 1.82) is 0 Å². The Bertz CT molecular complexity index is 634. The first-order valence-electron chi connectivity index (χ1n) is 12.2. The molecule has 0 radical (unpaired) electrons. The summed E-state index contributed by atoms with van der Waals surface area (Å²) in [5.41, 5.74) is 2.03. The number of hydrogen-bond donors (Lipinski definition) is 1. The van der Waals surface area contributed by atoms with Gasteiger partial charge in [0.15, 0.2) is 23.2 Å². The Morgan fingerprint density at radius 2 is 1.65 bits per heavy atom. The van der Waals surface area contributed by atoms with Crippen LogP contribution < -0.4 is 0 Å². The Kier molecular flexibility index (Phi) is 13.6. The van der Waals surface area contributed by atoms with Crippen LogP contribution in [-0.4, -0.2) is 122 Å². The lowest BCUT2D eigenvalue weighted by atomic mass is 10.2. The van der Waals surface area contributed by atoms with E-state index in [1.165, 1.54) is 0 Å². The van der Waals surface area contributed by atoms with Crippen molar-refractivity contribution < 1.29 is 32.1 Å². The zero-order valence-corrected chi connectivity index (χ0v) is 27.7. The van der Waals surface area contributed by atoms with Crippen LogP contribution in [0.1, 0.15) is 0 Å². The normalized spacial score (nSPS) is 18.9. The number of nitrogens with zero attached hydrogens (tertiary/aromatic N) is 2. The molecule has 1 aliphatic heterocycles. The number of piperazine rings is 1. The summed E-state index contributed by atoms with van der Waals surface area (Å²) in [5.74, 6) is -0.187. The Labute approximate surface area is 224 Å².